The Balaban J connectivity index is 2.40. The van der Waals surface area contributed by atoms with Gasteiger partial charge in [0, 0.05) is 6.20 Å². The highest BCUT2D eigenvalue weighted by Crippen LogP contribution is 2.23. The lowest BCUT2D eigenvalue weighted by atomic mass is 10.2. The average molecular weight is 277 g/mol. The largest absolute Gasteiger partial charge is 0.461 e. The second kappa shape index (κ2) is 5.57. The molecular weight excluding hydrogens is 266 g/mol. The summed E-state index contributed by atoms with van der Waals surface area (Å²) in [7, 11) is 0. The summed E-state index contributed by atoms with van der Waals surface area (Å²) in [4.78, 5) is 31.9. The van der Waals surface area contributed by atoms with E-state index in [2.05, 4.69) is 9.97 Å². The van der Waals surface area contributed by atoms with Gasteiger partial charge in [-0.1, -0.05) is 17.4 Å². The smallest absolute Gasteiger partial charge is 0.358 e. The first-order valence-corrected chi connectivity index (χ1v) is 6.34. The highest BCUT2D eigenvalue weighted by molar-refractivity contribution is 7.17. The lowest BCUT2D eigenvalue weighted by Crippen LogP contribution is -2.12. The normalized spacial score (nSPS) is 10.2. The van der Waals surface area contributed by atoms with Crippen molar-refractivity contribution >= 4 is 28.2 Å². The third-order valence-electron chi connectivity index (χ3n) is 2.22. The predicted molar refractivity (Wildman–Crippen MR) is 70.2 cm³/mol. The standard InChI is InChI=1S/C12H11N3O3S/c1-2-18-11(17)8-10(19-12(13)15-8)9(16)7-5-3-4-6-14-7/h3-6H,2H2,1H3,(H2,13,15). The van der Waals surface area contributed by atoms with Gasteiger partial charge in [0.25, 0.3) is 0 Å². The molecule has 2 rings (SSSR count). The monoisotopic (exact) mass is 277 g/mol. The number of hydrogen-bond acceptors (Lipinski definition) is 7. The molecule has 98 valence electrons. The minimum Gasteiger partial charge on any atom is -0.461 e. The van der Waals surface area contributed by atoms with Gasteiger partial charge in [0.15, 0.2) is 10.8 Å². The Hall–Kier alpha value is -2.28. The van der Waals surface area contributed by atoms with E-state index in [0.29, 0.717) is 0 Å². The minimum atomic E-state index is -0.658. The van der Waals surface area contributed by atoms with Crippen molar-refractivity contribution in [2.45, 2.75) is 6.92 Å². The van der Waals surface area contributed by atoms with Crippen LogP contribution in [0.5, 0.6) is 0 Å². The summed E-state index contributed by atoms with van der Waals surface area (Å²) in [6.45, 7) is 1.88. The van der Waals surface area contributed by atoms with Gasteiger partial charge in [-0.3, -0.25) is 9.78 Å². The van der Waals surface area contributed by atoms with E-state index in [1.54, 1.807) is 25.1 Å². The first-order chi connectivity index (χ1) is 9.13. The molecule has 0 aromatic carbocycles. The summed E-state index contributed by atoms with van der Waals surface area (Å²) in [5.41, 5.74) is 5.73. The lowest BCUT2D eigenvalue weighted by Gasteiger charge is -2.01. The Morgan fingerprint density at radius 2 is 2.21 bits per heavy atom. The molecule has 0 spiro atoms. The third kappa shape index (κ3) is 2.76. The molecule has 0 fully saturated rings. The molecule has 6 nitrogen and oxygen atoms in total. The molecule has 7 heteroatoms. The van der Waals surface area contributed by atoms with Gasteiger partial charge in [0.05, 0.1) is 6.61 Å². The van der Waals surface area contributed by atoms with Crippen LogP contribution in [0.3, 0.4) is 0 Å². The Morgan fingerprint density at radius 1 is 1.42 bits per heavy atom. The maximum Gasteiger partial charge on any atom is 0.358 e. The number of rotatable bonds is 4. The number of ketones is 1. The van der Waals surface area contributed by atoms with Gasteiger partial charge in [-0.05, 0) is 19.1 Å². The molecule has 2 N–H and O–H groups in total. The van der Waals surface area contributed by atoms with Crippen molar-refractivity contribution in [3.05, 3.63) is 40.7 Å². The number of nitrogens with two attached hydrogens (primary N) is 1. The van der Waals surface area contributed by atoms with Crippen molar-refractivity contribution in [3.63, 3.8) is 0 Å². The molecule has 0 atom stereocenters. The fourth-order valence-corrected chi connectivity index (χ4v) is 2.21. The van der Waals surface area contributed by atoms with Gasteiger partial charge in [-0.25, -0.2) is 9.78 Å². The summed E-state index contributed by atoms with van der Waals surface area (Å²) >= 11 is 0.948. The van der Waals surface area contributed by atoms with Gasteiger partial charge in [0.2, 0.25) is 5.78 Å². The van der Waals surface area contributed by atoms with Crippen LogP contribution in [0.25, 0.3) is 0 Å². The maximum atomic E-state index is 12.2. The van der Waals surface area contributed by atoms with E-state index in [0.717, 1.165) is 11.3 Å². The highest BCUT2D eigenvalue weighted by Gasteiger charge is 2.25. The van der Waals surface area contributed by atoms with E-state index in [4.69, 9.17) is 10.5 Å². The number of nitrogen functional groups attached to an aromatic ring is 1. The predicted octanol–water partition coefficient (Wildman–Crippen LogP) is 1.53. The molecule has 2 aromatic heterocycles. The van der Waals surface area contributed by atoms with Crippen LogP contribution < -0.4 is 5.73 Å². The number of esters is 1. The van der Waals surface area contributed by atoms with Gasteiger partial charge >= 0.3 is 5.97 Å². The fourth-order valence-electron chi connectivity index (χ4n) is 1.44. The van der Waals surface area contributed by atoms with E-state index < -0.39 is 11.8 Å². The SMILES string of the molecule is CCOC(=O)c1nc(N)sc1C(=O)c1ccccn1. The van der Waals surface area contributed by atoms with Crippen molar-refractivity contribution in [3.8, 4) is 0 Å². The number of carbonyl (C=O) groups excluding carboxylic acids is 2. The summed E-state index contributed by atoms with van der Waals surface area (Å²) < 4.78 is 4.85. The number of thiazole rings is 1. The van der Waals surface area contributed by atoms with E-state index >= 15 is 0 Å². The molecule has 0 aliphatic heterocycles. The lowest BCUT2D eigenvalue weighted by molar-refractivity contribution is 0.0518. The maximum absolute atomic E-state index is 12.2. The van der Waals surface area contributed by atoms with Gasteiger partial charge < -0.3 is 10.5 Å². The van der Waals surface area contributed by atoms with Crippen molar-refractivity contribution < 1.29 is 14.3 Å². The van der Waals surface area contributed by atoms with Crippen LogP contribution in [0, 0.1) is 0 Å². The van der Waals surface area contributed by atoms with E-state index in [1.807, 2.05) is 0 Å². The Kier molecular flexibility index (Phi) is 3.86. The van der Waals surface area contributed by atoms with Crippen LogP contribution >= 0.6 is 11.3 Å². The number of nitrogens with zero attached hydrogens (tertiary/aromatic N) is 2. The zero-order chi connectivity index (χ0) is 13.8. The molecule has 0 amide bonds. The first kappa shape index (κ1) is 13.2. The number of ether oxygens (including phenoxy) is 1. The number of aromatic nitrogens is 2. The van der Waals surface area contributed by atoms with Crippen LogP contribution in [0.2, 0.25) is 0 Å². The zero-order valence-corrected chi connectivity index (χ0v) is 10.9. The molecule has 0 saturated heterocycles. The van der Waals surface area contributed by atoms with Crippen molar-refractivity contribution in [1.29, 1.82) is 0 Å². The van der Waals surface area contributed by atoms with E-state index in [-0.39, 0.29) is 28.0 Å². The topological polar surface area (TPSA) is 95.2 Å². The highest BCUT2D eigenvalue weighted by atomic mass is 32.1. The number of pyridine rings is 1. The number of anilines is 1. The van der Waals surface area contributed by atoms with E-state index in [9.17, 15) is 9.59 Å². The Bertz CT molecular complexity index is 610. The quantitative estimate of drug-likeness (QED) is 0.672. The van der Waals surface area contributed by atoms with Crippen molar-refractivity contribution in [2.75, 3.05) is 12.3 Å². The molecule has 0 bridgehead atoms. The molecule has 2 heterocycles. The summed E-state index contributed by atoms with van der Waals surface area (Å²) in [6.07, 6.45) is 1.50. The van der Waals surface area contributed by atoms with Crippen LogP contribution in [-0.2, 0) is 4.74 Å². The molecule has 0 aliphatic rings. The molecule has 0 saturated carbocycles. The molecule has 0 aliphatic carbocycles. The van der Waals surface area contributed by atoms with Crippen LogP contribution in [-0.4, -0.2) is 28.3 Å². The van der Waals surface area contributed by atoms with E-state index in [1.165, 1.54) is 6.20 Å². The second-order valence-corrected chi connectivity index (χ2v) is 4.53. The molecule has 2 aromatic rings. The van der Waals surface area contributed by atoms with Gasteiger partial charge in [-0.2, -0.15) is 0 Å². The first-order valence-electron chi connectivity index (χ1n) is 5.52. The van der Waals surface area contributed by atoms with Crippen LogP contribution in [0.4, 0.5) is 5.13 Å². The summed E-state index contributed by atoms with van der Waals surface area (Å²) in [5.74, 6) is -1.05. The average Bonchev–Trinajstić information content (AvgIpc) is 2.81. The van der Waals surface area contributed by atoms with Gasteiger partial charge in [0.1, 0.15) is 10.6 Å². The summed E-state index contributed by atoms with van der Waals surface area (Å²) in [5, 5.41) is 0.141. The van der Waals surface area contributed by atoms with Crippen LogP contribution in [0.15, 0.2) is 24.4 Å². The van der Waals surface area contributed by atoms with Crippen molar-refractivity contribution in [1.82, 2.24) is 9.97 Å². The Labute approximate surface area is 113 Å². The van der Waals surface area contributed by atoms with Crippen molar-refractivity contribution in [2.24, 2.45) is 0 Å². The number of carbonyl (C=O) groups is 2. The minimum absolute atomic E-state index is 0.0556. The molecular formula is C12H11N3O3S. The molecule has 0 radical (unpaired) electrons. The van der Waals surface area contributed by atoms with Crippen LogP contribution in [0.1, 0.15) is 32.8 Å². The second-order valence-electron chi connectivity index (χ2n) is 3.49. The van der Waals surface area contributed by atoms with Gasteiger partial charge in [-0.15, -0.1) is 0 Å². The zero-order valence-electron chi connectivity index (χ0n) is 10.1. The molecule has 0 unspecified atom stereocenters. The number of hydrogen-bond donors (Lipinski definition) is 1. The third-order valence-corrected chi connectivity index (χ3v) is 3.10. The fraction of sp³-hybridized carbons (Fsp3) is 0.167. The Morgan fingerprint density at radius 3 is 2.84 bits per heavy atom. The summed E-state index contributed by atoms with van der Waals surface area (Å²) in [6, 6.07) is 4.95. The molecule has 19 heavy (non-hydrogen) atoms.